The first-order valence-corrected chi connectivity index (χ1v) is 8.62. The van der Waals surface area contributed by atoms with Crippen LogP contribution in [0.5, 0.6) is 0 Å². The Bertz CT molecular complexity index is 907. The number of thiophene rings is 2. The molecule has 1 N–H and O–H groups in total. The van der Waals surface area contributed by atoms with Crippen molar-refractivity contribution >= 4 is 48.7 Å². The molecule has 0 aliphatic rings. The normalized spacial score (nSPS) is 12.8. The maximum atomic E-state index is 4.52. The number of hydrogen-bond acceptors (Lipinski definition) is 4. The van der Waals surface area contributed by atoms with Gasteiger partial charge >= 0.3 is 0 Å². The average Bonchev–Trinajstić information content (AvgIpc) is 3.14. The van der Waals surface area contributed by atoms with Gasteiger partial charge in [-0.05, 0) is 65.0 Å². The molecular weight excluding hydrogens is 296 g/mol. The highest BCUT2D eigenvalue weighted by Gasteiger charge is 2.08. The van der Waals surface area contributed by atoms with E-state index in [0.717, 1.165) is 11.2 Å². The summed E-state index contributed by atoms with van der Waals surface area (Å²) in [7, 11) is 0. The summed E-state index contributed by atoms with van der Waals surface area (Å²) in [5.74, 6) is 0. The minimum absolute atomic E-state index is 0.236. The van der Waals surface area contributed by atoms with Crippen LogP contribution in [0.3, 0.4) is 0 Å². The van der Waals surface area contributed by atoms with Crippen LogP contribution >= 0.6 is 22.7 Å². The minimum Gasteiger partial charge on any atom is -0.378 e. The average molecular weight is 310 g/mol. The fourth-order valence-electron chi connectivity index (χ4n) is 2.49. The molecule has 3 heterocycles. The maximum Gasteiger partial charge on any atom is 0.0809 e. The molecule has 0 aliphatic heterocycles. The lowest BCUT2D eigenvalue weighted by molar-refractivity contribution is 0.881. The largest absolute Gasteiger partial charge is 0.378 e. The number of nitrogens with zero attached hydrogens (tertiary/aromatic N) is 1. The van der Waals surface area contributed by atoms with E-state index >= 15 is 0 Å². The van der Waals surface area contributed by atoms with Gasteiger partial charge in [0.25, 0.3) is 0 Å². The summed E-state index contributed by atoms with van der Waals surface area (Å²) in [6.45, 7) is 2.17. The number of aromatic nitrogens is 1. The fraction of sp³-hybridized carbons (Fsp3) is 0.118. The first-order chi connectivity index (χ1) is 10.3. The summed E-state index contributed by atoms with van der Waals surface area (Å²) in [6, 6.07) is 13.2. The van der Waals surface area contributed by atoms with Gasteiger partial charge in [0.2, 0.25) is 0 Å². The molecule has 0 aliphatic carbocycles. The Morgan fingerprint density at radius 3 is 2.81 bits per heavy atom. The standard InChI is InChI=1S/C17H14N2S2/c1-11(13-9-17-15(18-10-13)5-7-21-17)19-14-2-3-16-12(8-14)4-6-20-16/h2-11,19H,1H3. The van der Waals surface area contributed by atoms with Gasteiger partial charge < -0.3 is 5.32 Å². The van der Waals surface area contributed by atoms with E-state index in [-0.39, 0.29) is 6.04 Å². The molecule has 0 fully saturated rings. The quantitative estimate of drug-likeness (QED) is 0.526. The Labute approximate surface area is 131 Å². The lowest BCUT2D eigenvalue weighted by Gasteiger charge is -2.15. The summed E-state index contributed by atoms with van der Waals surface area (Å²) in [5.41, 5.74) is 3.45. The Hall–Kier alpha value is -1.91. The molecule has 1 unspecified atom stereocenters. The molecule has 4 heteroatoms. The maximum absolute atomic E-state index is 4.52. The van der Waals surface area contributed by atoms with Crippen molar-refractivity contribution in [1.29, 1.82) is 0 Å². The molecule has 0 saturated heterocycles. The third kappa shape index (κ3) is 2.41. The summed E-state index contributed by atoms with van der Waals surface area (Å²) in [6.07, 6.45) is 1.97. The van der Waals surface area contributed by atoms with Crippen LogP contribution in [0.1, 0.15) is 18.5 Å². The monoisotopic (exact) mass is 310 g/mol. The van der Waals surface area contributed by atoms with Gasteiger partial charge in [0.15, 0.2) is 0 Å². The molecule has 0 saturated carbocycles. The number of anilines is 1. The van der Waals surface area contributed by atoms with Crippen LogP contribution in [-0.4, -0.2) is 4.98 Å². The smallest absolute Gasteiger partial charge is 0.0809 e. The Kier molecular flexibility index (Phi) is 3.13. The van der Waals surface area contributed by atoms with Gasteiger partial charge in [-0.15, -0.1) is 22.7 Å². The van der Waals surface area contributed by atoms with Crippen molar-refractivity contribution in [1.82, 2.24) is 4.98 Å². The van der Waals surface area contributed by atoms with Crippen LogP contribution in [0.4, 0.5) is 5.69 Å². The molecule has 4 aromatic rings. The van der Waals surface area contributed by atoms with Crippen molar-refractivity contribution in [3.63, 3.8) is 0 Å². The van der Waals surface area contributed by atoms with Gasteiger partial charge in [-0.1, -0.05) is 0 Å². The van der Waals surface area contributed by atoms with E-state index in [9.17, 15) is 0 Å². The molecule has 1 aromatic carbocycles. The predicted octanol–water partition coefficient (Wildman–Crippen LogP) is 5.68. The second kappa shape index (κ2) is 5.13. The molecule has 0 spiro atoms. The van der Waals surface area contributed by atoms with Gasteiger partial charge in [0.05, 0.1) is 16.3 Å². The number of nitrogens with one attached hydrogen (secondary N) is 1. The lowest BCUT2D eigenvalue weighted by atomic mass is 10.1. The number of hydrogen-bond donors (Lipinski definition) is 1. The van der Waals surface area contributed by atoms with Crippen LogP contribution in [0.15, 0.2) is 53.4 Å². The molecule has 3 aromatic heterocycles. The third-order valence-electron chi connectivity index (χ3n) is 3.66. The molecular formula is C17H14N2S2. The van der Waals surface area contributed by atoms with Gasteiger partial charge in [0.1, 0.15) is 0 Å². The van der Waals surface area contributed by atoms with Crippen molar-refractivity contribution in [2.75, 3.05) is 5.32 Å². The fourth-order valence-corrected chi connectivity index (χ4v) is 4.05. The Morgan fingerprint density at radius 1 is 1.00 bits per heavy atom. The molecule has 0 bridgehead atoms. The molecule has 2 nitrogen and oxygen atoms in total. The molecule has 0 amide bonds. The SMILES string of the molecule is CC(Nc1ccc2sccc2c1)c1cnc2ccsc2c1. The first-order valence-electron chi connectivity index (χ1n) is 6.86. The van der Waals surface area contributed by atoms with Crippen molar-refractivity contribution in [3.05, 3.63) is 58.9 Å². The van der Waals surface area contributed by atoms with E-state index in [4.69, 9.17) is 0 Å². The zero-order valence-electron chi connectivity index (χ0n) is 11.5. The number of rotatable bonds is 3. The number of pyridine rings is 1. The first kappa shape index (κ1) is 12.8. The summed E-state index contributed by atoms with van der Waals surface area (Å²) in [4.78, 5) is 4.52. The predicted molar refractivity (Wildman–Crippen MR) is 93.5 cm³/mol. The second-order valence-corrected chi connectivity index (χ2v) is 7.01. The van der Waals surface area contributed by atoms with Gasteiger partial charge in [-0.2, -0.15) is 0 Å². The van der Waals surface area contributed by atoms with E-state index in [1.54, 1.807) is 22.7 Å². The van der Waals surface area contributed by atoms with Crippen molar-refractivity contribution in [2.45, 2.75) is 13.0 Å². The zero-order chi connectivity index (χ0) is 14.2. The van der Waals surface area contributed by atoms with E-state index in [2.05, 4.69) is 64.4 Å². The van der Waals surface area contributed by atoms with Crippen LogP contribution < -0.4 is 5.32 Å². The van der Waals surface area contributed by atoms with Crippen molar-refractivity contribution in [3.8, 4) is 0 Å². The Balaban J connectivity index is 1.62. The highest BCUT2D eigenvalue weighted by Crippen LogP contribution is 2.28. The second-order valence-electron chi connectivity index (χ2n) is 5.11. The van der Waals surface area contributed by atoms with Crippen LogP contribution in [-0.2, 0) is 0 Å². The van der Waals surface area contributed by atoms with Gasteiger partial charge in [-0.3, -0.25) is 4.98 Å². The zero-order valence-corrected chi connectivity index (χ0v) is 13.2. The van der Waals surface area contributed by atoms with Crippen LogP contribution in [0.2, 0.25) is 0 Å². The molecule has 21 heavy (non-hydrogen) atoms. The molecule has 0 radical (unpaired) electrons. The van der Waals surface area contributed by atoms with Crippen LogP contribution in [0, 0.1) is 0 Å². The number of benzene rings is 1. The van der Waals surface area contributed by atoms with Crippen LogP contribution in [0.25, 0.3) is 20.3 Å². The third-order valence-corrected chi connectivity index (χ3v) is 5.41. The number of fused-ring (bicyclic) bond motifs is 2. The Morgan fingerprint density at radius 2 is 1.86 bits per heavy atom. The minimum atomic E-state index is 0.236. The molecule has 1 atom stereocenters. The highest BCUT2D eigenvalue weighted by molar-refractivity contribution is 7.17. The van der Waals surface area contributed by atoms with E-state index in [1.807, 2.05) is 6.20 Å². The summed E-state index contributed by atoms with van der Waals surface area (Å²) >= 11 is 3.52. The van der Waals surface area contributed by atoms with Crippen molar-refractivity contribution < 1.29 is 0 Å². The lowest BCUT2D eigenvalue weighted by Crippen LogP contribution is -2.06. The topological polar surface area (TPSA) is 24.9 Å². The highest BCUT2D eigenvalue weighted by atomic mass is 32.1. The van der Waals surface area contributed by atoms with Gasteiger partial charge in [0, 0.05) is 16.6 Å². The van der Waals surface area contributed by atoms with E-state index in [0.29, 0.717) is 0 Å². The van der Waals surface area contributed by atoms with Crippen molar-refractivity contribution in [2.24, 2.45) is 0 Å². The van der Waals surface area contributed by atoms with E-state index in [1.165, 1.54) is 20.3 Å². The summed E-state index contributed by atoms with van der Waals surface area (Å²) in [5, 5.41) is 9.08. The molecule has 4 rings (SSSR count). The summed E-state index contributed by atoms with van der Waals surface area (Å²) < 4.78 is 2.57. The molecule has 104 valence electrons. The van der Waals surface area contributed by atoms with E-state index < -0.39 is 0 Å². The van der Waals surface area contributed by atoms with Gasteiger partial charge in [-0.25, -0.2) is 0 Å².